The van der Waals surface area contributed by atoms with Gasteiger partial charge in [0.25, 0.3) is 10.2 Å². The minimum atomic E-state index is -3.79. The van der Waals surface area contributed by atoms with Gasteiger partial charge in [0, 0.05) is 29.0 Å². The molecule has 13 heteroatoms. The van der Waals surface area contributed by atoms with Crippen molar-refractivity contribution in [1.82, 2.24) is 19.4 Å². The molecule has 2 aromatic rings. The van der Waals surface area contributed by atoms with Crippen LogP contribution in [0.4, 0.5) is 0 Å². The van der Waals surface area contributed by atoms with Gasteiger partial charge in [0.2, 0.25) is 0 Å². The zero-order valence-corrected chi connectivity index (χ0v) is 21.7. The lowest BCUT2D eigenvalue weighted by atomic mass is 10.0. The van der Waals surface area contributed by atoms with Crippen LogP contribution in [0.25, 0.3) is 5.57 Å². The molecule has 1 aromatic heterocycles. The van der Waals surface area contributed by atoms with E-state index in [4.69, 9.17) is 9.47 Å². The first-order valence-corrected chi connectivity index (χ1v) is 13.0. The predicted octanol–water partition coefficient (Wildman–Crippen LogP) is 3.43. The smallest absolute Gasteiger partial charge is 0.316 e. The standard InChI is InChI=1S/C20H22Br2N6O4S/c1-2-7-27-33(29,30)28-19-17(14-3-5-15(21)6-4-14)10-18(25-13-26-19)31-8-9-32-20-23-11-16(22)12-24-20/h3-6,11-13,27-28H,2,7-10H2,1H3. The highest BCUT2D eigenvalue weighted by Gasteiger charge is 2.20. The Morgan fingerprint density at radius 1 is 1.03 bits per heavy atom. The first kappa shape index (κ1) is 25.3. The highest BCUT2D eigenvalue weighted by Crippen LogP contribution is 2.26. The van der Waals surface area contributed by atoms with Crippen molar-refractivity contribution in [3.63, 3.8) is 0 Å². The number of aromatic nitrogens is 2. The van der Waals surface area contributed by atoms with Crippen molar-refractivity contribution in [3.05, 3.63) is 57.0 Å². The maximum Gasteiger partial charge on any atom is 0.316 e. The summed E-state index contributed by atoms with van der Waals surface area (Å²) in [5.41, 5.74) is 1.40. The molecule has 33 heavy (non-hydrogen) atoms. The van der Waals surface area contributed by atoms with Gasteiger partial charge in [0.15, 0.2) is 5.90 Å². The van der Waals surface area contributed by atoms with E-state index in [0.29, 0.717) is 24.4 Å². The normalized spacial score (nSPS) is 14.0. The molecule has 0 bridgehead atoms. The summed E-state index contributed by atoms with van der Waals surface area (Å²) in [5, 5.41) is 0. The van der Waals surface area contributed by atoms with Gasteiger partial charge in [0.05, 0.1) is 10.9 Å². The van der Waals surface area contributed by atoms with Crippen molar-refractivity contribution in [2.75, 3.05) is 19.8 Å². The Morgan fingerprint density at radius 3 is 2.42 bits per heavy atom. The number of hydrogen-bond donors (Lipinski definition) is 2. The third kappa shape index (κ3) is 8.18. The maximum atomic E-state index is 12.4. The Balaban J connectivity index is 1.72. The van der Waals surface area contributed by atoms with E-state index in [1.165, 1.54) is 6.34 Å². The molecule has 2 N–H and O–H groups in total. The summed E-state index contributed by atoms with van der Waals surface area (Å²) in [4.78, 5) is 16.5. The predicted molar refractivity (Wildman–Crippen MR) is 133 cm³/mol. The highest BCUT2D eigenvalue weighted by molar-refractivity contribution is 9.10. The van der Waals surface area contributed by atoms with E-state index >= 15 is 0 Å². The molecule has 0 saturated heterocycles. The molecule has 0 fully saturated rings. The molecular formula is C20H22Br2N6O4S. The summed E-state index contributed by atoms with van der Waals surface area (Å²) >= 11 is 6.68. The largest absolute Gasteiger partial charge is 0.477 e. The SMILES string of the molecule is CCCNS(=O)(=O)NC1=C(c2ccc(Br)cc2)CC(OCCOc2ncc(Br)cn2)=NC=N1. The lowest BCUT2D eigenvalue weighted by molar-refractivity contribution is 0.197. The van der Waals surface area contributed by atoms with Gasteiger partial charge in [0.1, 0.15) is 25.4 Å². The first-order chi connectivity index (χ1) is 15.9. The summed E-state index contributed by atoms with van der Waals surface area (Å²) in [6, 6.07) is 7.68. The quantitative estimate of drug-likeness (QED) is 0.402. The van der Waals surface area contributed by atoms with Gasteiger partial charge in [-0.25, -0.2) is 20.0 Å². The average Bonchev–Trinajstić information content (AvgIpc) is 2.99. The topological polar surface area (TPSA) is 127 Å². The highest BCUT2D eigenvalue weighted by atomic mass is 79.9. The van der Waals surface area contributed by atoms with Crippen LogP contribution in [0.5, 0.6) is 6.01 Å². The van der Waals surface area contributed by atoms with Crippen LogP contribution in [0.15, 0.2) is 61.4 Å². The fraction of sp³-hybridized carbons (Fsp3) is 0.300. The van der Waals surface area contributed by atoms with E-state index in [1.807, 2.05) is 31.2 Å². The van der Waals surface area contributed by atoms with Gasteiger partial charge in [-0.05, 0) is 40.0 Å². The molecule has 0 amide bonds. The fourth-order valence-corrected chi connectivity index (χ4v) is 4.09. The summed E-state index contributed by atoms with van der Waals surface area (Å²) in [6.45, 7) is 2.59. The Labute approximate surface area is 209 Å². The number of nitrogens with one attached hydrogen (secondary N) is 2. The third-order valence-electron chi connectivity index (χ3n) is 4.15. The van der Waals surface area contributed by atoms with E-state index in [-0.39, 0.29) is 31.5 Å². The first-order valence-electron chi connectivity index (χ1n) is 9.95. The number of ether oxygens (including phenoxy) is 2. The molecule has 1 aliphatic rings. The maximum absolute atomic E-state index is 12.4. The second kappa shape index (κ2) is 12.2. The van der Waals surface area contributed by atoms with E-state index in [9.17, 15) is 8.42 Å². The summed E-state index contributed by atoms with van der Waals surface area (Å²) in [5.74, 6) is 0.537. The van der Waals surface area contributed by atoms with Gasteiger partial charge in [-0.2, -0.15) is 13.1 Å². The molecule has 1 aliphatic heterocycles. The number of hydrogen-bond acceptors (Lipinski definition) is 8. The zero-order valence-electron chi connectivity index (χ0n) is 17.7. The molecule has 10 nitrogen and oxygen atoms in total. The molecule has 0 unspecified atom stereocenters. The summed E-state index contributed by atoms with van der Waals surface area (Å²) < 4.78 is 42.7. The zero-order chi connectivity index (χ0) is 23.7. The summed E-state index contributed by atoms with van der Waals surface area (Å²) in [6.07, 6.45) is 5.32. The lowest BCUT2D eigenvalue weighted by Crippen LogP contribution is -2.36. The van der Waals surface area contributed by atoms with Gasteiger partial charge >= 0.3 is 6.01 Å². The number of benzene rings is 1. The Hall–Kier alpha value is -2.35. The van der Waals surface area contributed by atoms with Crippen LogP contribution in [-0.2, 0) is 14.9 Å². The molecule has 1 aromatic carbocycles. The fourth-order valence-electron chi connectivity index (χ4n) is 2.64. The van der Waals surface area contributed by atoms with Crippen LogP contribution in [0.3, 0.4) is 0 Å². The van der Waals surface area contributed by atoms with Crippen molar-refractivity contribution < 1.29 is 17.9 Å². The summed E-state index contributed by atoms with van der Waals surface area (Å²) in [7, 11) is -3.79. The van der Waals surface area contributed by atoms with E-state index in [2.05, 4.69) is 61.3 Å². The monoisotopic (exact) mass is 600 g/mol. The lowest BCUT2D eigenvalue weighted by Gasteiger charge is -2.15. The molecule has 0 atom stereocenters. The molecule has 2 heterocycles. The van der Waals surface area contributed by atoms with E-state index in [0.717, 1.165) is 14.5 Å². The minimum absolute atomic E-state index is 0.169. The molecule has 0 aliphatic carbocycles. The van der Waals surface area contributed by atoms with Gasteiger partial charge in [-0.3, -0.25) is 4.72 Å². The Bertz CT molecular complexity index is 1140. The Kier molecular flexibility index (Phi) is 9.35. The van der Waals surface area contributed by atoms with Gasteiger partial charge in [-0.15, -0.1) is 0 Å². The molecule has 0 radical (unpaired) electrons. The van der Waals surface area contributed by atoms with Crippen molar-refractivity contribution in [2.45, 2.75) is 19.8 Å². The minimum Gasteiger partial charge on any atom is -0.477 e. The molecule has 0 spiro atoms. The molecule has 176 valence electrons. The van der Waals surface area contributed by atoms with Crippen LogP contribution in [0.2, 0.25) is 0 Å². The van der Waals surface area contributed by atoms with Crippen LogP contribution < -0.4 is 14.2 Å². The molecule has 3 rings (SSSR count). The number of halogens is 2. The average molecular weight is 602 g/mol. The van der Waals surface area contributed by atoms with Gasteiger partial charge in [-0.1, -0.05) is 35.0 Å². The molecular weight excluding hydrogens is 580 g/mol. The number of nitrogens with zero attached hydrogens (tertiary/aromatic N) is 4. The van der Waals surface area contributed by atoms with E-state index < -0.39 is 10.2 Å². The van der Waals surface area contributed by atoms with Crippen molar-refractivity contribution >= 4 is 59.9 Å². The third-order valence-corrected chi connectivity index (χ3v) is 6.13. The number of aliphatic imine (C=N–C) groups is 2. The molecule has 0 saturated carbocycles. The van der Waals surface area contributed by atoms with Crippen molar-refractivity contribution in [1.29, 1.82) is 0 Å². The Morgan fingerprint density at radius 2 is 1.73 bits per heavy atom. The van der Waals surface area contributed by atoms with Crippen LogP contribution >= 0.6 is 31.9 Å². The van der Waals surface area contributed by atoms with Crippen LogP contribution in [-0.4, -0.2) is 50.4 Å². The number of rotatable bonds is 10. The van der Waals surface area contributed by atoms with Crippen LogP contribution in [0, 0.1) is 0 Å². The van der Waals surface area contributed by atoms with Crippen LogP contribution in [0.1, 0.15) is 25.3 Å². The van der Waals surface area contributed by atoms with Crippen molar-refractivity contribution in [2.24, 2.45) is 9.98 Å². The second-order valence-corrected chi connectivity index (χ2v) is 9.99. The second-order valence-electron chi connectivity index (χ2n) is 6.66. The van der Waals surface area contributed by atoms with Crippen molar-refractivity contribution in [3.8, 4) is 6.01 Å². The van der Waals surface area contributed by atoms with Gasteiger partial charge < -0.3 is 9.47 Å². The van der Waals surface area contributed by atoms with E-state index in [1.54, 1.807) is 12.4 Å².